The van der Waals surface area contributed by atoms with Crippen LogP contribution in [-0.4, -0.2) is 48.9 Å². The lowest BCUT2D eigenvalue weighted by Gasteiger charge is -2.34. The number of carbonyl (C=O) groups is 1. The number of piperazine rings is 1. The maximum Gasteiger partial charge on any atom is 0.186 e. The van der Waals surface area contributed by atoms with Gasteiger partial charge in [0.2, 0.25) is 0 Å². The van der Waals surface area contributed by atoms with Crippen molar-refractivity contribution in [3.63, 3.8) is 0 Å². The summed E-state index contributed by atoms with van der Waals surface area (Å²) >= 11 is 1.50. The van der Waals surface area contributed by atoms with Gasteiger partial charge in [0.1, 0.15) is 0 Å². The number of anilines is 1. The number of carbonyl (C=O) groups excluding carboxylic acids is 1. The molecule has 5 heteroatoms. The average Bonchev–Trinajstić information content (AvgIpc) is 3.05. The lowest BCUT2D eigenvalue weighted by Crippen LogP contribution is -2.46. The van der Waals surface area contributed by atoms with E-state index in [1.807, 2.05) is 0 Å². The molecule has 1 saturated heterocycles. The highest BCUT2D eigenvalue weighted by Crippen LogP contribution is 2.30. The SMILES string of the molecule is O=Cc1cnc(N2CCN(CC3CC3)CC2)s1. The van der Waals surface area contributed by atoms with Crippen LogP contribution in [0, 0.1) is 5.92 Å². The van der Waals surface area contributed by atoms with Gasteiger partial charge in [0.25, 0.3) is 0 Å². The van der Waals surface area contributed by atoms with Crippen LogP contribution in [0.2, 0.25) is 0 Å². The van der Waals surface area contributed by atoms with Gasteiger partial charge in [-0.3, -0.25) is 9.69 Å². The van der Waals surface area contributed by atoms with E-state index in [-0.39, 0.29) is 0 Å². The molecule has 0 amide bonds. The van der Waals surface area contributed by atoms with E-state index in [0.29, 0.717) is 0 Å². The van der Waals surface area contributed by atoms with E-state index in [1.165, 1.54) is 30.7 Å². The highest BCUT2D eigenvalue weighted by molar-refractivity contribution is 7.17. The standard InChI is InChI=1S/C12H17N3OS/c16-9-11-7-13-12(17-11)15-5-3-14(4-6-15)8-10-1-2-10/h7,9-10H,1-6,8H2. The van der Waals surface area contributed by atoms with Crippen LogP contribution >= 0.6 is 11.3 Å². The van der Waals surface area contributed by atoms with E-state index in [0.717, 1.165) is 48.4 Å². The first-order valence-corrected chi connectivity index (χ1v) is 7.05. The molecular formula is C12H17N3OS. The number of hydrogen-bond acceptors (Lipinski definition) is 5. The maximum atomic E-state index is 10.6. The number of nitrogens with zero attached hydrogens (tertiary/aromatic N) is 3. The smallest absolute Gasteiger partial charge is 0.186 e. The minimum absolute atomic E-state index is 0.723. The zero-order valence-electron chi connectivity index (χ0n) is 9.84. The van der Waals surface area contributed by atoms with Gasteiger partial charge in [-0.1, -0.05) is 11.3 Å². The third-order valence-corrected chi connectivity index (χ3v) is 4.47. The summed E-state index contributed by atoms with van der Waals surface area (Å²) in [6.45, 7) is 5.63. The van der Waals surface area contributed by atoms with E-state index >= 15 is 0 Å². The Hall–Kier alpha value is -0.940. The predicted octanol–water partition coefficient (Wildman–Crippen LogP) is 1.49. The van der Waals surface area contributed by atoms with E-state index in [9.17, 15) is 4.79 Å². The Kier molecular flexibility index (Phi) is 3.11. The molecule has 3 rings (SSSR count). The van der Waals surface area contributed by atoms with E-state index in [2.05, 4.69) is 14.8 Å². The highest BCUT2D eigenvalue weighted by atomic mass is 32.1. The Balaban J connectivity index is 1.54. The van der Waals surface area contributed by atoms with Gasteiger partial charge in [-0.25, -0.2) is 4.98 Å². The molecule has 1 aliphatic carbocycles. The van der Waals surface area contributed by atoms with Crippen LogP contribution in [0.3, 0.4) is 0 Å². The van der Waals surface area contributed by atoms with Crippen LogP contribution in [0.4, 0.5) is 5.13 Å². The lowest BCUT2D eigenvalue weighted by atomic mass is 10.3. The van der Waals surface area contributed by atoms with Gasteiger partial charge in [0.15, 0.2) is 11.4 Å². The second kappa shape index (κ2) is 4.74. The molecule has 2 heterocycles. The maximum absolute atomic E-state index is 10.6. The Morgan fingerprint density at radius 1 is 1.35 bits per heavy atom. The second-order valence-electron chi connectivity index (χ2n) is 4.89. The second-order valence-corrected chi connectivity index (χ2v) is 5.93. The van der Waals surface area contributed by atoms with Crippen molar-refractivity contribution in [2.24, 2.45) is 5.92 Å². The molecular weight excluding hydrogens is 234 g/mol. The summed E-state index contributed by atoms with van der Waals surface area (Å²) in [6, 6.07) is 0. The van der Waals surface area contributed by atoms with Crippen LogP contribution in [-0.2, 0) is 0 Å². The summed E-state index contributed by atoms with van der Waals surface area (Å²) in [4.78, 5) is 20.5. The quantitative estimate of drug-likeness (QED) is 0.760. The van der Waals surface area contributed by atoms with Gasteiger partial charge in [0, 0.05) is 32.7 Å². The van der Waals surface area contributed by atoms with Gasteiger partial charge in [-0.2, -0.15) is 0 Å². The Bertz CT molecular complexity index is 394. The van der Waals surface area contributed by atoms with E-state index < -0.39 is 0 Å². The molecule has 1 aromatic heterocycles. The van der Waals surface area contributed by atoms with Crippen LogP contribution in [0.25, 0.3) is 0 Å². The zero-order valence-corrected chi connectivity index (χ0v) is 10.7. The highest BCUT2D eigenvalue weighted by Gasteiger charge is 2.26. The Morgan fingerprint density at radius 3 is 2.71 bits per heavy atom. The summed E-state index contributed by atoms with van der Waals surface area (Å²) in [5.74, 6) is 0.975. The van der Waals surface area contributed by atoms with Gasteiger partial charge in [-0.15, -0.1) is 0 Å². The molecule has 0 atom stereocenters. The zero-order chi connectivity index (χ0) is 11.7. The summed E-state index contributed by atoms with van der Waals surface area (Å²) in [7, 11) is 0. The number of thiazole rings is 1. The third-order valence-electron chi connectivity index (χ3n) is 3.48. The third kappa shape index (κ3) is 2.66. The molecule has 92 valence electrons. The molecule has 0 spiro atoms. The summed E-state index contributed by atoms with van der Waals surface area (Å²) < 4.78 is 0. The molecule has 1 aliphatic heterocycles. The van der Waals surface area contributed by atoms with Gasteiger partial charge < -0.3 is 4.90 Å². The molecule has 0 bridgehead atoms. The fourth-order valence-corrected chi connectivity index (χ4v) is 3.05. The molecule has 17 heavy (non-hydrogen) atoms. The predicted molar refractivity (Wildman–Crippen MR) is 68.9 cm³/mol. The molecule has 0 N–H and O–H groups in total. The van der Waals surface area contributed by atoms with Gasteiger partial charge in [0.05, 0.1) is 11.1 Å². The molecule has 1 aromatic rings. The van der Waals surface area contributed by atoms with E-state index in [1.54, 1.807) is 6.20 Å². The molecule has 2 fully saturated rings. The first kappa shape index (κ1) is 11.2. The van der Waals surface area contributed by atoms with Crippen molar-refractivity contribution in [1.82, 2.24) is 9.88 Å². The van der Waals surface area contributed by atoms with Crippen LogP contribution in [0.5, 0.6) is 0 Å². The summed E-state index contributed by atoms with van der Waals surface area (Å²) in [5.41, 5.74) is 0. The number of hydrogen-bond donors (Lipinski definition) is 0. The average molecular weight is 251 g/mol. The van der Waals surface area contributed by atoms with Crippen molar-refractivity contribution in [3.05, 3.63) is 11.1 Å². The first-order chi connectivity index (χ1) is 8.35. The van der Waals surface area contributed by atoms with Crippen LogP contribution < -0.4 is 4.90 Å². The molecule has 0 unspecified atom stereocenters. The van der Waals surface area contributed by atoms with Crippen molar-refractivity contribution in [1.29, 1.82) is 0 Å². The Labute approximate surface area is 105 Å². The minimum atomic E-state index is 0.723. The van der Waals surface area contributed by atoms with Crippen molar-refractivity contribution in [2.75, 3.05) is 37.6 Å². The fraction of sp³-hybridized carbons (Fsp3) is 0.667. The monoisotopic (exact) mass is 251 g/mol. The first-order valence-electron chi connectivity index (χ1n) is 6.23. The largest absolute Gasteiger partial charge is 0.346 e. The van der Waals surface area contributed by atoms with Crippen LogP contribution in [0.1, 0.15) is 22.5 Å². The summed E-state index contributed by atoms with van der Waals surface area (Å²) in [5, 5.41) is 0.998. The van der Waals surface area contributed by atoms with E-state index in [4.69, 9.17) is 0 Å². The minimum Gasteiger partial charge on any atom is -0.346 e. The van der Waals surface area contributed by atoms with Gasteiger partial charge in [-0.05, 0) is 18.8 Å². The summed E-state index contributed by atoms with van der Waals surface area (Å²) in [6.07, 6.45) is 5.40. The molecule has 0 aromatic carbocycles. The fourth-order valence-electron chi connectivity index (χ4n) is 2.26. The van der Waals surface area contributed by atoms with Crippen molar-refractivity contribution < 1.29 is 4.79 Å². The molecule has 0 radical (unpaired) electrons. The lowest BCUT2D eigenvalue weighted by molar-refractivity contribution is 0.112. The van der Waals surface area contributed by atoms with Crippen molar-refractivity contribution >= 4 is 22.8 Å². The normalized spacial score (nSPS) is 21.8. The number of rotatable bonds is 4. The van der Waals surface area contributed by atoms with Crippen LogP contribution in [0.15, 0.2) is 6.20 Å². The molecule has 2 aliphatic rings. The van der Waals surface area contributed by atoms with Crippen molar-refractivity contribution in [2.45, 2.75) is 12.8 Å². The molecule has 4 nitrogen and oxygen atoms in total. The number of aldehydes is 1. The topological polar surface area (TPSA) is 36.4 Å². The van der Waals surface area contributed by atoms with Gasteiger partial charge >= 0.3 is 0 Å². The van der Waals surface area contributed by atoms with Crippen molar-refractivity contribution in [3.8, 4) is 0 Å². The Morgan fingerprint density at radius 2 is 2.12 bits per heavy atom. The molecule has 1 saturated carbocycles. The number of aromatic nitrogens is 1.